The van der Waals surface area contributed by atoms with Crippen LogP contribution >= 0.6 is 0 Å². The molecule has 7 heteroatoms. The van der Waals surface area contributed by atoms with E-state index in [-0.39, 0.29) is 11.9 Å². The molecule has 3 rings (SSSR count). The van der Waals surface area contributed by atoms with Crippen LogP contribution in [0.1, 0.15) is 174 Å². The van der Waals surface area contributed by atoms with E-state index in [4.69, 9.17) is 11.5 Å². The Balaban J connectivity index is 1.39. The van der Waals surface area contributed by atoms with Gasteiger partial charge in [0.05, 0.1) is 11.2 Å². The van der Waals surface area contributed by atoms with Crippen molar-refractivity contribution in [2.45, 2.75) is 199 Å². The number of aromatic nitrogens is 3. The predicted molar refractivity (Wildman–Crippen MR) is 175 cm³/mol. The van der Waals surface area contributed by atoms with Crippen LogP contribution in [0, 0.1) is 5.41 Å². The number of nitrogens with zero attached hydrogens (tertiary/aromatic N) is 3. The molecule has 0 aliphatic heterocycles. The van der Waals surface area contributed by atoms with E-state index in [1.807, 2.05) is 17.8 Å². The van der Waals surface area contributed by atoms with Crippen LogP contribution < -0.4 is 16.8 Å². The molecule has 3 unspecified atom stereocenters. The van der Waals surface area contributed by atoms with E-state index in [0.29, 0.717) is 24.7 Å². The van der Waals surface area contributed by atoms with E-state index in [0.717, 1.165) is 37.9 Å². The molecule has 0 radical (unpaired) electrons. The van der Waals surface area contributed by atoms with Gasteiger partial charge in [-0.1, -0.05) is 108 Å². The summed E-state index contributed by atoms with van der Waals surface area (Å²) in [7, 11) is 0. The van der Waals surface area contributed by atoms with E-state index < -0.39 is 11.1 Å². The third-order valence-electron chi connectivity index (χ3n) is 10.8. The third-order valence-corrected chi connectivity index (χ3v) is 10.8. The molecule has 2 aliphatic carbocycles. The highest BCUT2D eigenvalue weighted by atomic mass is 16.1. The molecule has 3 atom stereocenters. The summed E-state index contributed by atoms with van der Waals surface area (Å²) in [4.78, 5) is 12.9. The van der Waals surface area contributed by atoms with Crippen molar-refractivity contribution < 1.29 is 4.79 Å². The van der Waals surface area contributed by atoms with Gasteiger partial charge in [0.15, 0.2) is 0 Å². The maximum Gasteiger partial charge on any atom is 0.220 e. The molecule has 42 heavy (non-hydrogen) atoms. The lowest BCUT2D eigenvalue weighted by molar-refractivity contribution is -0.123. The molecule has 1 amide bonds. The second-order valence-corrected chi connectivity index (χ2v) is 15.0. The van der Waals surface area contributed by atoms with Crippen LogP contribution in [-0.2, 0) is 17.8 Å². The van der Waals surface area contributed by atoms with Gasteiger partial charge in [-0.2, -0.15) is 0 Å². The minimum atomic E-state index is -0.501. The van der Waals surface area contributed by atoms with Gasteiger partial charge >= 0.3 is 0 Å². The molecule has 0 bridgehead atoms. The monoisotopic (exact) mass is 587 g/mol. The Labute approximate surface area is 258 Å². The van der Waals surface area contributed by atoms with Crippen molar-refractivity contribution in [3.63, 3.8) is 0 Å². The smallest absolute Gasteiger partial charge is 0.220 e. The number of carbonyl (C=O) groups is 1. The highest BCUT2D eigenvalue weighted by Gasteiger charge is 2.45. The van der Waals surface area contributed by atoms with Crippen LogP contribution in [0.15, 0.2) is 6.20 Å². The molecule has 0 saturated heterocycles. The summed E-state index contributed by atoms with van der Waals surface area (Å²) in [5, 5.41) is 12.0. The van der Waals surface area contributed by atoms with Crippen LogP contribution in [0.3, 0.4) is 0 Å². The largest absolute Gasteiger partial charge is 0.349 e. The summed E-state index contributed by atoms with van der Waals surface area (Å²) in [6.07, 6.45) is 31.6. The van der Waals surface area contributed by atoms with Crippen molar-refractivity contribution in [3.8, 4) is 0 Å². The first kappa shape index (κ1) is 35.0. The molecule has 1 aromatic rings. The fraction of sp³-hybridized carbons (Fsp3) is 0.914. The molecule has 1 heterocycles. The average Bonchev–Trinajstić information content (AvgIpc) is 3.35. The Morgan fingerprint density at radius 2 is 1.45 bits per heavy atom. The Bertz CT molecular complexity index is 882. The van der Waals surface area contributed by atoms with E-state index >= 15 is 0 Å². The Morgan fingerprint density at radius 3 is 2.05 bits per heavy atom. The molecular formula is C35H66N6O. The molecule has 0 aromatic carbocycles. The SMILES string of the molecule is CC1(CCCCn2cc(CCC(=O)NC3(C)CC(N)CCCC3(C)N)nn2)CCCCCCCCCCCCCCC1. The summed E-state index contributed by atoms with van der Waals surface area (Å²) in [6.45, 7) is 7.56. The second-order valence-electron chi connectivity index (χ2n) is 15.0. The highest BCUT2D eigenvalue weighted by Crippen LogP contribution is 2.37. The number of aryl methyl sites for hydroxylation is 2. The van der Waals surface area contributed by atoms with E-state index in [1.165, 1.54) is 109 Å². The van der Waals surface area contributed by atoms with Gasteiger partial charge in [0.1, 0.15) is 0 Å². The molecule has 0 spiro atoms. The fourth-order valence-electron chi connectivity index (χ4n) is 7.48. The molecule has 7 nitrogen and oxygen atoms in total. The van der Waals surface area contributed by atoms with Crippen molar-refractivity contribution >= 4 is 5.91 Å². The van der Waals surface area contributed by atoms with Gasteiger partial charge < -0.3 is 16.8 Å². The van der Waals surface area contributed by atoms with Crippen molar-refractivity contribution in [1.82, 2.24) is 20.3 Å². The minimum absolute atomic E-state index is 0.0142. The van der Waals surface area contributed by atoms with Crippen molar-refractivity contribution in [1.29, 1.82) is 0 Å². The zero-order valence-corrected chi connectivity index (χ0v) is 27.7. The normalized spacial score (nSPS) is 29.0. The van der Waals surface area contributed by atoms with Crippen LogP contribution in [0.4, 0.5) is 0 Å². The summed E-state index contributed by atoms with van der Waals surface area (Å²) in [6, 6.07) is 0.0712. The quantitative estimate of drug-likeness (QED) is 0.202. The summed E-state index contributed by atoms with van der Waals surface area (Å²) in [5.41, 5.74) is 13.3. The maximum absolute atomic E-state index is 12.9. The number of rotatable bonds is 9. The highest BCUT2D eigenvalue weighted by molar-refractivity contribution is 5.77. The summed E-state index contributed by atoms with van der Waals surface area (Å²) in [5.74, 6) is 0.0142. The van der Waals surface area contributed by atoms with Crippen LogP contribution in [0.25, 0.3) is 0 Å². The summed E-state index contributed by atoms with van der Waals surface area (Å²) < 4.78 is 1.97. The molecule has 2 aliphatic rings. The second kappa shape index (κ2) is 17.7. The fourth-order valence-corrected chi connectivity index (χ4v) is 7.48. The zero-order valence-electron chi connectivity index (χ0n) is 27.7. The van der Waals surface area contributed by atoms with Crippen LogP contribution in [0.2, 0.25) is 0 Å². The van der Waals surface area contributed by atoms with Crippen molar-refractivity contribution in [2.75, 3.05) is 0 Å². The topological polar surface area (TPSA) is 112 Å². The molecule has 2 saturated carbocycles. The number of carbonyl (C=O) groups excluding carboxylic acids is 1. The minimum Gasteiger partial charge on any atom is -0.349 e. The van der Waals surface area contributed by atoms with Gasteiger partial charge in [-0.25, -0.2) is 0 Å². The first-order valence-electron chi connectivity index (χ1n) is 17.9. The average molecular weight is 587 g/mol. The molecule has 5 N–H and O–H groups in total. The third kappa shape index (κ3) is 12.3. The lowest BCUT2D eigenvalue weighted by atomic mass is 9.75. The lowest BCUT2D eigenvalue weighted by Gasteiger charge is -2.44. The lowest BCUT2D eigenvalue weighted by Crippen LogP contribution is -2.66. The van der Waals surface area contributed by atoms with E-state index in [2.05, 4.69) is 29.5 Å². The standard InChI is InChI=1S/C35H66N6O/c1-33(23-15-13-11-9-7-5-4-6-8-10-12-14-16-24-33)25-17-18-27-41-29-31(39-40-41)21-22-32(42)38-35(3)28-30(36)20-19-26-34(35,2)37/h29-30H,4-28,36-37H2,1-3H3,(H,38,42). The van der Waals surface area contributed by atoms with Gasteiger partial charge in [-0.15, -0.1) is 5.10 Å². The van der Waals surface area contributed by atoms with E-state index in [1.54, 1.807) is 0 Å². The van der Waals surface area contributed by atoms with Gasteiger partial charge in [0.25, 0.3) is 0 Å². The Hall–Kier alpha value is -1.47. The summed E-state index contributed by atoms with van der Waals surface area (Å²) >= 11 is 0. The number of amides is 1. The number of unbranched alkanes of at least 4 members (excludes halogenated alkanes) is 1. The maximum atomic E-state index is 12.9. The van der Waals surface area contributed by atoms with E-state index in [9.17, 15) is 4.79 Å². The molecule has 2 fully saturated rings. The molecule has 242 valence electrons. The predicted octanol–water partition coefficient (Wildman–Crippen LogP) is 7.75. The number of nitrogens with one attached hydrogen (secondary N) is 1. The first-order valence-corrected chi connectivity index (χ1v) is 17.9. The molecule has 1 aromatic heterocycles. The van der Waals surface area contributed by atoms with Crippen molar-refractivity contribution in [3.05, 3.63) is 11.9 Å². The molecular weight excluding hydrogens is 520 g/mol. The van der Waals surface area contributed by atoms with Crippen molar-refractivity contribution in [2.24, 2.45) is 16.9 Å². The first-order chi connectivity index (χ1) is 20.1. The van der Waals surface area contributed by atoms with Gasteiger partial charge in [-0.3, -0.25) is 9.48 Å². The zero-order chi connectivity index (χ0) is 30.3. The van der Waals surface area contributed by atoms with Gasteiger partial charge in [0.2, 0.25) is 5.91 Å². The Kier molecular flexibility index (Phi) is 14.8. The number of hydrogen-bond donors (Lipinski definition) is 3. The Morgan fingerprint density at radius 1 is 0.881 bits per heavy atom. The van der Waals surface area contributed by atoms with Crippen LogP contribution in [-0.4, -0.2) is 38.0 Å². The van der Waals surface area contributed by atoms with Gasteiger partial charge in [-0.05, 0) is 64.2 Å². The number of hydrogen-bond acceptors (Lipinski definition) is 5. The number of nitrogens with two attached hydrogens (primary N) is 2. The van der Waals surface area contributed by atoms with Gasteiger partial charge in [0, 0.05) is 37.2 Å². The van der Waals surface area contributed by atoms with Crippen LogP contribution in [0.5, 0.6) is 0 Å².